The normalized spacial score (nSPS) is 23.3. The number of hydrogen-bond donors (Lipinski definition) is 1. The van der Waals surface area contributed by atoms with Gasteiger partial charge in [0.1, 0.15) is 0 Å². The Morgan fingerprint density at radius 3 is 2.50 bits per heavy atom. The van der Waals surface area contributed by atoms with E-state index >= 15 is 0 Å². The standard InChI is InChI=1S/C14H27N3O/c1-13-4-9-16(10-5-13)8-2-3-14(18)17-11-6-15-7-12-17/h13,15H,2-12H2,1H3. The van der Waals surface area contributed by atoms with Crippen LogP contribution in [0.4, 0.5) is 0 Å². The molecule has 0 aromatic heterocycles. The Balaban J connectivity index is 1.58. The lowest BCUT2D eigenvalue weighted by Gasteiger charge is -2.31. The maximum atomic E-state index is 12.0. The van der Waals surface area contributed by atoms with Crippen molar-refractivity contribution in [1.82, 2.24) is 15.1 Å². The topological polar surface area (TPSA) is 35.6 Å². The van der Waals surface area contributed by atoms with Crippen LogP contribution < -0.4 is 5.32 Å². The van der Waals surface area contributed by atoms with Crippen molar-refractivity contribution in [3.8, 4) is 0 Å². The van der Waals surface area contributed by atoms with Gasteiger partial charge < -0.3 is 15.1 Å². The van der Waals surface area contributed by atoms with Gasteiger partial charge in [0.2, 0.25) is 5.91 Å². The summed E-state index contributed by atoms with van der Waals surface area (Å²) in [7, 11) is 0. The van der Waals surface area contributed by atoms with Crippen LogP contribution in [0.25, 0.3) is 0 Å². The van der Waals surface area contributed by atoms with Gasteiger partial charge in [-0.3, -0.25) is 4.79 Å². The molecule has 0 radical (unpaired) electrons. The van der Waals surface area contributed by atoms with E-state index in [0.717, 1.165) is 51.5 Å². The van der Waals surface area contributed by atoms with Crippen LogP contribution in [0.5, 0.6) is 0 Å². The molecule has 2 aliphatic rings. The minimum absolute atomic E-state index is 0.349. The summed E-state index contributed by atoms with van der Waals surface area (Å²) in [4.78, 5) is 16.5. The van der Waals surface area contributed by atoms with E-state index in [9.17, 15) is 4.79 Å². The molecule has 2 fully saturated rings. The average Bonchev–Trinajstić information content (AvgIpc) is 2.42. The van der Waals surface area contributed by atoms with Crippen molar-refractivity contribution in [2.75, 3.05) is 45.8 Å². The third-order valence-electron chi connectivity index (χ3n) is 4.21. The molecule has 1 amide bonds. The molecule has 0 saturated carbocycles. The van der Waals surface area contributed by atoms with E-state index in [1.54, 1.807) is 0 Å². The first-order valence-corrected chi connectivity index (χ1v) is 7.46. The molecular formula is C14H27N3O. The molecule has 0 unspecified atom stereocenters. The first-order valence-electron chi connectivity index (χ1n) is 7.46. The highest BCUT2D eigenvalue weighted by molar-refractivity contribution is 5.76. The number of amides is 1. The summed E-state index contributed by atoms with van der Waals surface area (Å²) in [6.45, 7) is 9.58. The van der Waals surface area contributed by atoms with Gasteiger partial charge in [0.25, 0.3) is 0 Å². The SMILES string of the molecule is CC1CCN(CCCC(=O)N2CCNCC2)CC1. The van der Waals surface area contributed by atoms with Crippen molar-refractivity contribution < 1.29 is 4.79 Å². The molecule has 0 spiro atoms. The fraction of sp³-hybridized carbons (Fsp3) is 0.929. The maximum absolute atomic E-state index is 12.0. The third-order valence-corrected chi connectivity index (χ3v) is 4.21. The van der Waals surface area contributed by atoms with Crippen LogP contribution in [0.2, 0.25) is 0 Å². The molecule has 2 rings (SSSR count). The van der Waals surface area contributed by atoms with E-state index in [0.29, 0.717) is 5.91 Å². The Hall–Kier alpha value is -0.610. The molecule has 4 heteroatoms. The maximum Gasteiger partial charge on any atom is 0.222 e. The number of piperazine rings is 1. The van der Waals surface area contributed by atoms with E-state index in [1.807, 2.05) is 4.90 Å². The third kappa shape index (κ3) is 4.25. The van der Waals surface area contributed by atoms with Crippen molar-refractivity contribution in [2.24, 2.45) is 5.92 Å². The number of nitrogens with zero attached hydrogens (tertiary/aromatic N) is 2. The van der Waals surface area contributed by atoms with Gasteiger partial charge in [0, 0.05) is 32.6 Å². The number of hydrogen-bond acceptors (Lipinski definition) is 3. The van der Waals surface area contributed by atoms with E-state index in [1.165, 1.54) is 25.9 Å². The summed E-state index contributed by atoms with van der Waals surface area (Å²) in [6.07, 6.45) is 4.40. The molecule has 104 valence electrons. The highest BCUT2D eigenvalue weighted by Gasteiger charge is 2.18. The van der Waals surface area contributed by atoms with E-state index < -0.39 is 0 Å². The van der Waals surface area contributed by atoms with Crippen molar-refractivity contribution >= 4 is 5.91 Å². The molecule has 2 heterocycles. The van der Waals surface area contributed by atoms with Gasteiger partial charge in [0.05, 0.1) is 0 Å². The molecule has 0 aromatic carbocycles. The van der Waals surface area contributed by atoms with Gasteiger partial charge in [-0.05, 0) is 44.8 Å². The van der Waals surface area contributed by atoms with Crippen LogP contribution in [0, 0.1) is 5.92 Å². The second-order valence-electron chi connectivity index (χ2n) is 5.76. The second-order valence-corrected chi connectivity index (χ2v) is 5.76. The minimum atomic E-state index is 0.349. The average molecular weight is 253 g/mol. The molecule has 2 aliphatic heterocycles. The summed E-state index contributed by atoms with van der Waals surface area (Å²) in [5.74, 6) is 1.24. The number of rotatable bonds is 4. The van der Waals surface area contributed by atoms with Crippen LogP contribution in [0.1, 0.15) is 32.6 Å². The minimum Gasteiger partial charge on any atom is -0.340 e. The molecular weight excluding hydrogens is 226 g/mol. The van der Waals surface area contributed by atoms with Crippen LogP contribution in [0.3, 0.4) is 0 Å². The van der Waals surface area contributed by atoms with Crippen molar-refractivity contribution in [2.45, 2.75) is 32.6 Å². The Kier molecular flexibility index (Phi) is 5.45. The lowest BCUT2D eigenvalue weighted by atomic mass is 9.99. The fourth-order valence-corrected chi connectivity index (χ4v) is 2.81. The smallest absolute Gasteiger partial charge is 0.222 e. The molecule has 0 atom stereocenters. The molecule has 1 N–H and O–H groups in total. The quantitative estimate of drug-likeness (QED) is 0.809. The summed E-state index contributed by atoms with van der Waals surface area (Å²) >= 11 is 0. The fourth-order valence-electron chi connectivity index (χ4n) is 2.81. The van der Waals surface area contributed by atoms with Crippen LogP contribution >= 0.6 is 0 Å². The Morgan fingerprint density at radius 1 is 1.17 bits per heavy atom. The van der Waals surface area contributed by atoms with Crippen molar-refractivity contribution in [3.05, 3.63) is 0 Å². The highest BCUT2D eigenvalue weighted by atomic mass is 16.2. The highest BCUT2D eigenvalue weighted by Crippen LogP contribution is 2.16. The van der Waals surface area contributed by atoms with Crippen molar-refractivity contribution in [3.63, 3.8) is 0 Å². The Labute approximate surface area is 111 Å². The van der Waals surface area contributed by atoms with Gasteiger partial charge in [-0.1, -0.05) is 6.92 Å². The van der Waals surface area contributed by atoms with Gasteiger partial charge in [0.15, 0.2) is 0 Å². The Bertz CT molecular complexity index is 256. The molecule has 0 bridgehead atoms. The number of piperidine rings is 1. The monoisotopic (exact) mass is 253 g/mol. The second kappa shape index (κ2) is 7.10. The van der Waals surface area contributed by atoms with E-state index in [-0.39, 0.29) is 0 Å². The first-order chi connectivity index (χ1) is 8.75. The van der Waals surface area contributed by atoms with Crippen LogP contribution in [0.15, 0.2) is 0 Å². The van der Waals surface area contributed by atoms with Crippen LogP contribution in [-0.4, -0.2) is 61.5 Å². The van der Waals surface area contributed by atoms with Gasteiger partial charge >= 0.3 is 0 Å². The zero-order valence-electron chi connectivity index (χ0n) is 11.7. The predicted molar refractivity (Wildman–Crippen MR) is 73.5 cm³/mol. The molecule has 4 nitrogen and oxygen atoms in total. The molecule has 0 aromatic rings. The van der Waals surface area contributed by atoms with Gasteiger partial charge in [-0.2, -0.15) is 0 Å². The summed E-state index contributed by atoms with van der Waals surface area (Å²) in [6, 6.07) is 0. The van der Waals surface area contributed by atoms with E-state index in [2.05, 4.69) is 17.1 Å². The summed E-state index contributed by atoms with van der Waals surface area (Å²) < 4.78 is 0. The van der Waals surface area contributed by atoms with Gasteiger partial charge in [-0.15, -0.1) is 0 Å². The lowest BCUT2D eigenvalue weighted by Crippen LogP contribution is -2.46. The van der Waals surface area contributed by atoms with Crippen molar-refractivity contribution in [1.29, 1.82) is 0 Å². The predicted octanol–water partition coefficient (Wildman–Crippen LogP) is 0.930. The molecule has 0 aliphatic carbocycles. The number of nitrogens with one attached hydrogen (secondary N) is 1. The Morgan fingerprint density at radius 2 is 1.83 bits per heavy atom. The van der Waals surface area contributed by atoms with E-state index in [4.69, 9.17) is 0 Å². The molecule has 18 heavy (non-hydrogen) atoms. The number of carbonyl (C=O) groups is 1. The lowest BCUT2D eigenvalue weighted by molar-refractivity contribution is -0.131. The zero-order chi connectivity index (χ0) is 12.8. The summed E-state index contributed by atoms with van der Waals surface area (Å²) in [5, 5.41) is 3.28. The van der Waals surface area contributed by atoms with Crippen LogP contribution in [-0.2, 0) is 4.79 Å². The zero-order valence-corrected chi connectivity index (χ0v) is 11.7. The molecule has 2 saturated heterocycles. The summed E-state index contributed by atoms with van der Waals surface area (Å²) in [5.41, 5.74) is 0. The number of likely N-dealkylation sites (tertiary alicyclic amines) is 1. The number of carbonyl (C=O) groups excluding carboxylic acids is 1. The largest absolute Gasteiger partial charge is 0.340 e. The van der Waals surface area contributed by atoms with Gasteiger partial charge in [-0.25, -0.2) is 0 Å². The first kappa shape index (κ1) is 13.8.